The van der Waals surface area contributed by atoms with E-state index < -0.39 is 22.7 Å². The SMILES string of the molecule is Cc1nc2ccccn2c1C(O)=C1C(=O)C(=O)N(CCN(C)C)[C@H]1c1cccc([N+](=O)[O-])c1. The van der Waals surface area contributed by atoms with Gasteiger partial charge in [0.1, 0.15) is 11.3 Å². The van der Waals surface area contributed by atoms with Crippen LogP contribution in [0.25, 0.3) is 11.4 Å². The average Bonchev–Trinajstić information content (AvgIpc) is 3.25. The fourth-order valence-electron chi connectivity index (χ4n) is 4.10. The molecule has 3 heterocycles. The van der Waals surface area contributed by atoms with Gasteiger partial charge >= 0.3 is 0 Å². The van der Waals surface area contributed by atoms with Gasteiger partial charge in [0.15, 0.2) is 5.76 Å². The standard InChI is InChI=1S/C23H23N5O5/c1-14-19(26-10-5-4-9-17(26)24-14)21(29)18-20(15-7-6-8-16(13-15)28(32)33)27(12-11-25(2)3)23(31)22(18)30/h4-10,13,20,29H,11-12H2,1-3H3/t20-/m0/s1. The maximum atomic E-state index is 13.2. The number of aliphatic hydroxyl groups is 1. The highest BCUT2D eigenvalue weighted by Crippen LogP contribution is 2.40. The molecule has 0 spiro atoms. The molecule has 1 N–H and O–H groups in total. The van der Waals surface area contributed by atoms with Crippen molar-refractivity contribution >= 4 is 28.8 Å². The number of fused-ring (bicyclic) bond motifs is 1. The number of nitro groups is 1. The summed E-state index contributed by atoms with van der Waals surface area (Å²) < 4.78 is 1.64. The third-order valence-corrected chi connectivity index (χ3v) is 5.65. The molecule has 0 unspecified atom stereocenters. The number of likely N-dealkylation sites (N-methyl/N-ethyl adjacent to an activating group) is 1. The van der Waals surface area contributed by atoms with E-state index in [1.54, 1.807) is 41.8 Å². The Morgan fingerprint density at radius 2 is 1.97 bits per heavy atom. The molecule has 0 bridgehead atoms. The first-order valence-corrected chi connectivity index (χ1v) is 10.3. The number of imidazole rings is 1. The minimum absolute atomic E-state index is 0.118. The summed E-state index contributed by atoms with van der Waals surface area (Å²) >= 11 is 0. The van der Waals surface area contributed by atoms with Gasteiger partial charge in [0.25, 0.3) is 17.4 Å². The predicted molar refractivity (Wildman–Crippen MR) is 121 cm³/mol. The van der Waals surface area contributed by atoms with Gasteiger partial charge in [-0.2, -0.15) is 0 Å². The quantitative estimate of drug-likeness (QED) is 0.202. The summed E-state index contributed by atoms with van der Waals surface area (Å²) in [5.74, 6) is -1.97. The van der Waals surface area contributed by atoms with Crippen molar-refractivity contribution in [3.8, 4) is 0 Å². The first kappa shape index (κ1) is 22.2. The molecule has 0 saturated carbocycles. The molecule has 1 aromatic carbocycles. The lowest BCUT2D eigenvalue weighted by Gasteiger charge is -2.26. The number of nitrogens with zero attached hydrogens (tertiary/aromatic N) is 5. The highest BCUT2D eigenvalue weighted by atomic mass is 16.6. The van der Waals surface area contributed by atoms with Crippen LogP contribution in [-0.2, 0) is 9.59 Å². The fraction of sp³-hybridized carbons (Fsp3) is 0.261. The van der Waals surface area contributed by atoms with Crippen LogP contribution in [0, 0.1) is 17.0 Å². The number of Topliss-reactive ketones (excluding diaryl/α,β-unsaturated/α-hetero) is 1. The molecular formula is C23H23N5O5. The first-order chi connectivity index (χ1) is 15.7. The van der Waals surface area contributed by atoms with Crippen LogP contribution >= 0.6 is 0 Å². The van der Waals surface area contributed by atoms with Crippen LogP contribution in [0.1, 0.15) is 23.0 Å². The number of aryl methyl sites for hydroxylation is 1. The predicted octanol–water partition coefficient (Wildman–Crippen LogP) is 2.53. The maximum Gasteiger partial charge on any atom is 0.295 e. The summed E-state index contributed by atoms with van der Waals surface area (Å²) in [4.78, 5) is 44.6. The Hall–Kier alpha value is -4.05. The van der Waals surface area contributed by atoms with Crippen molar-refractivity contribution < 1.29 is 19.6 Å². The van der Waals surface area contributed by atoms with Crippen LogP contribution < -0.4 is 0 Å². The van der Waals surface area contributed by atoms with Gasteiger partial charge in [-0.1, -0.05) is 18.2 Å². The largest absolute Gasteiger partial charge is 0.505 e. The zero-order valence-corrected chi connectivity index (χ0v) is 18.4. The highest BCUT2D eigenvalue weighted by Gasteiger charge is 2.46. The lowest BCUT2D eigenvalue weighted by molar-refractivity contribution is -0.384. The second-order valence-electron chi connectivity index (χ2n) is 8.12. The number of nitro benzene ring substituents is 1. The number of aromatic nitrogens is 2. The zero-order chi connectivity index (χ0) is 23.9. The third kappa shape index (κ3) is 3.85. The van der Waals surface area contributed by atoms with Gasteiger partial charge in [-0.15, -0.1) is 0 Å². The Labute approximate surface area is 189 Å². The molecule has 1 amide bonds. The highest BCUT2D eigenvalue weighted by molar-refractivity contribution is 6.46. The van der Waals surface area contributed by atoms with Crippen molar-refractivity contribution in [2.45, 2.75) is 13.0 Å². The lowest BCUT2D eigenvalue weighted by atomic mass is 9.96. The Morgan fingerprint density at radius 1 is 1.21 bits per heavy atom. The number of amides is 1. The van der Waals surface area contributed by atoms with Crippen LogP contribution in [-0.4, -0.2) is 68.1 Å². The maximum absolute atomic E-state index is 13.2. The number of hydrogen-bond donors (Lipinski definition) is 1. The molecule has 3 aromatic rings. The summed E-state index contributed by atoms with van der Waals surface area (Å²) in [6.07, 6.45) is 1.70. The van der Waals surface area contributed by atoms with Crippen LogP contribution in [0.5, 0.6) is 0 Å². The van der Waals surface area contributed by atoms with Crippen LogP contribution in [0.3, 0.4) is 0 Å². The van der Waals surface area contributed by atoms with Gasteiger partial charge in [0.05, 0.1) is 22.2 Å². The Balaban J connectivity index is 1.95. The average molecular weight is 449 g/mol. The van der Waals surface area contributed by atoms with E-state index in [0.717, 1.165) is 0 Å². The first-order valence-electron chi connectivity index (χ1n) is 10.3. The number of carbonyl (C=O) groups is 2. The molecule has 0 radical (unpaired) electrons. The second kappa shape index (κ2) is 8.47. The van der Waals surface area contributed by atoms with Crippen molar-refractivity contribution in [1.82, 2.24) is 19.2 Å². The summed E-state index contributed by atoms with van der Waals surface area (Å²) in [7, 11) is 3.67. The summed E-state index contributed by atoms with van der Waals surface area (Å²) in [5.41, 5.74) is 1.44. The molecule has 1 atom stereocenters. The second-order valence-corrected chi connectivity index (χ2v) is 8.12. The number of rotatable bonds is 6. The van der Waals surface area contributed by atoms with Gasteiger partial charge in [-0.3, -0.25) is 24.1 Å². The molecule has 1 fully saturated rings. The van der Waals surface area contributed by atoms with E-state index in [4.69, 9.17) is 0 Å². The van der Waals surface area contributed by atoms with E-state index in [-0.39, 0.29) is 23.6 Å². The number of aliphatic hydroxyl groups excluding tert-OH is 1. The summed E-state index contributed by atoms with van der Waals surface area (Å²) in [5, 5.41) is 22.7. The number of likely N-dealkylation sites (tertiary alicyclic amines) is 1. The molecule has 10 heteroatoms. The number of hydrogen-bond acceptors (Lipinski definition) is 7. The normalized spacial score (nSPS) is 17.9. The lowest BCUT2D eigenvalue weighted by Crippen LogP contribution is -2.35. The van der Waals surface area contributed by atoms with Gasteiger partial charge in [-0.25, -0.2) is 4.98 Å². The smallest absolute Gasteiger partial charge is 0.295 e. The fourth-order valence-corrected chi connectivity index (χ4v) is 4.10. The molecule has 0 aliphatic carbocycles. The van der Waals surface area contributed by atoms with Crippen LogP contribution in [0.4, 0.5) is 5.69 Å². The van der Waals surface area contributed by atoms with E-state index in [0.29, 0.717) is 29.1 Å². The Morgan fingerprint density at radius 3 is 2.67 bits per heavy atom. The van der Waals surface area contributed by atoms with Crippen LogP contribution in [0.15, 0.2) is 54.2 Å². The summed E-state index contributed by atoms with van der Waals surface area (Å²) in [6, 6.07) is 10.1. The Bertz CT molecular complexity index is 1310. The topological polar surface area (TPSA) is 121 Å². The van der Waals surface area contributed by atoms with E-state index in [1.807, 2.05) is 19.0 Å². The van der Waals surface area contributed by atoms with Crippen LogP contribution in [0.2, 0.25) is 0 Å². The van der Waals surface area contributed by atoms with Crippen molar-refractivity contribution in [2.75, 3.05) is 27.2 Å². The van der Waals surface area contributed by atoms with E-state index in [9.17, 15) is 24.8 Å². The monoisotopic (exact) mass is 449 g/mol. The summed E-state index contributed by atoms with van der Waals surface area (Å²) in [6.45, 7) is 2.37. The molecule has 1 saturated heterocycles. The van der Waals surface area contributed by atoms with Gasteiger partial charge in [0, 0.05) is 31.4 Å². The molecule has 1 aliphatic heterocycles. The molecule has 1 aliphatic rings. The van der Waals surface area contributed by atoms with E-state index in [1.165, 1.54) is 23.1 Å². The van der Waals surface area contributed by atoms with Gasteiger partial charge < -0.3 is 14.9 Å². The van der Waals surface area contributed by atoms with Crippen molar-refractivity contribution in [3.63, 3.8) is 0 Å². The minimum Gasteiger partial charge on any atom is -0.505 e. The molecule has 10 nitrogen and oxygen atoms in total. The number of pyridine rings is 1. The number of non-ortho nitro benzene ring substituents is 1. The van der Waals surface area contributed by atoms with Gasteiger partial charge in [-0.05, 0) is 38.7 Å². The number of ketones is 1. The van der Waals surface area contributed by atoms with Crippen molar-refractivity contribution in [2.24, 2.45) is 0 Å². The zero-order valence-electron chi connectivity index (χ0n) is 18.4. The third-order valence-electron chi connectivity index (χ3n) is 5.65. The molecule has 4 rings (SSSR count). The number of carbonyl (C=O) groups excluding carboxylic acids is 2. The molecular weight excluding hydrogens is 426 g/mol. The van der Waals surface area contributed by atoms with Gasteiger partial charge in [0.2, 0.25) is 0 Å². The molecule has 170 valence electrons. The number of benzene rings is 1. The van der Waals surface area contributed by atoms with E-state index in [2.05, 4.69) is 4.98 Å². The van der Waals surface area contributed by atoms with Crippen molar-refractivity contribution in [1.29, 1.82) is 0 Å². The minimum atomic E-state index is -0.974. The molecule has 2 aromatic heterocycles. The van der Waals surface area contributed by atoms with E-state index >= 15 is 0 Å². The Kier molecular flexibility index (Phi) is 5.69. The van der Waals surface area contributed by atoms with Crippen molar-refractivity contribution in [3.05, 3.63) is 81.3 Å². The molecule has 33 heavy (non-hydrogen) atoms.